The Balaban J connectivity index is 2.25. The van der Waals surface area contributed by atoms with E-state index in [2.05, 4.69) is 18.0 Å². The molecule has 0 aliphatic heterocycles. The van der Waals surface area contributed by atoms with E-state index >= 15 is 0 Å². The maximum Gasteiger partial charge on any atom is 0.0632 e. The van der Waals surface area contributed by atoms with Gasteiger partial charge in [0, 0.05) is 17.5 Å². The van der Waals surface area contributed by atoms with Gasteiger partial charge >= 0.3 is 0 Å². The average Bonchev–Trinajstić information content (AvgIpc) is 2.28. The molecule has 0 bridgehead atoms. The molecule has 2 heteroatoms. The maximum atomic E-state index is 5.82. The largest absolute Gasteiger partial charge is 0.398 e. The van der Waals surface area contributed by atoms with E-state index in [9.17, 15) is 0 Å². The first-order chi connectivity index (χ1) is 7.75. The molecule has 0 atom stereocenters. The summed E-state index contributed by atoms with van der Waals surface area (Å²) in [4.78, 5) is 4.39. The highest BCUT2D eigenvalue weighted by molar-refractivity contribution is 5.88. The van der Waals surface area contributed by atoms with Crippen LogP contribution in [0.3, 0.4) is 0 Å². The van der Waals surface area contributed by atoms with Crippen molar-refractivity contribution in [3.8, 4) is 0 Å². The molecule has 2 aromatic rings. The molecule has 0 heterocycles. The molecule has 2 nitrogen and oxygen atoms in total. The molecule has 16 heavy (non-hydrogen) atoms. The summed E-state index contributed by atoms with van der Waals surface area (Å²) in [5, 5.41) is 0. The van der Waals surface area contributed by atoms with Gasteiger partial charge in [-0.25, -0.2) is 0 Å². The van der Waals surface area contributed by atoms with Gasteiger partial charge in [-0.2, -0.15) is 0 Å². The first kappa shape index (κ1) is 10.4. The predicted molar refractivity (Wildman–Crippen MR) is 69.3 cm³/mol. The van der Waals surface area contributed by atoms with Crippen molar-refractivity contribution in [1.29, 1.82) is 0 Å². The molecule has 0 unspecified atom stereocenters. The molecule has 2 rings (SSSR count). The summed E-state index contributed by atoms with van der Waals surface area (Å²) < 4.78 is 0. The number of rotatable bonds is 2. The van der Waals surface area contributed by atoms with Gasteiger partial charge in [-0.15, -0.1) is 0 Å². The molecule has 0 aliphatic carbocycles. The highest BCUT2D eigenvalue weighted by Crippen LogP contribution is 2.14. The first-order valence-electron chi connectivity index (χ1n) is 5.21. The fourth-order valence-electron chi connectivity index (χ4n) is 1.48. The lowest BCUT2D eigenvalue weighted by atomic mass is 10.2. The van der Waals surface area contributed by atoms with Crippen LogP contribution in [0.2, 0.25) is 0 Å². The zero-order valence-electron chi connectivity index (χ0n) is 9.22. The van der Waals surface area contributed by atoms with Gasteiger partial charge in [0.15, 0.2) is 0 Å². The van der Waals surface area contributed by atoms with Gasteiger partial charge in [-0.1, -0.05) is 30.3 Å². The van der Waals surface area contributed by atoms with Crippen LogP contribution < -0.4 is 5.73 Å². The van der Waals surface area contributed by atoms with E-state index in [4.69, 9.17) is 5.73 Å². The van der Waals surface area contributed by atoms with Crippen LogP contribution in [0.15, 0.2) is 53.5 Å². The van der Waals surface area contributed by atoms with Crippen molar-refractivity contribution in [2.24, 2.45) is 4.99 Å². The first-order valence-corrected chi connectivity index (χ1v) is 5.21. The standard InChI is InChI=1S/C14H14N2/c1-11-5-4-7-13(9-11)16-10-12-6-2-3-8-14(12)15/h2-10H,15H2,1H3. The second kappa shape index (κ2) is 4.62. The summed E-state index contributed by atoms with van der Waals surface area (Å²) >= 11 is 0. The highest BCUT2D eigenvalue weighted by atomic mass is 14.7. The predicted octanol–water partition coefficient (Wildman–Crippen LogP) is 3.33. The fourth-order valence-corrected chi connectivity index (χ4v) is 1.48. The van der Waals surface area contributed by atoms with E-state index in [0.717, 1.165) is 16.9 Å². The normalized spacial score (nSPS) is 10.8. The van der Waals surface area contributed by atoms with Gasteiger partial charge in [0.2, 0.25) is 0 Å². The monoisotopic (exact) mass is 210 g/mol. The summed E-state index contributed by atoms with van der Waals surface area (Å²) in [5.41, 5.74) is 9.67. The van der Waals surface area contributed by atoms with E-state index in [0.29, 0.717) is 0 Å². The molecule has 0 aromatic heterocycles. The number of nitrogen functional groups attached to an aromatic ring is 1. The Kier molecular flexibility index (Phi) is 3.01. The number of nitrogens with two attached hydrogens (primary N) is 1. The lowest BCUT2D eigenvalue weighted by Gasteiger charge is -1.98. The van der Waals surface area contributed by atoms with Gasteiger partial charge in [-0.05, 0) is 30.7 Å². The quantitative estimate of drug-likeness (QED) is 0.599. The molecular weight excluding hydrogens is 196 g/mol. The number of anilines is 1. The second-order valence-corrected chi connectivity index (χ2v) is 3.73. The van der Waals surface area contributed by atoms with Crippen LogP contribution >= 0.6 is 0 Å². The Morgan fingerprint density at radius 1 is 1.06 bits per heavy atom. The molecule has 0 amide bonds. The Hall–Kier alpha value is -2.09. The van der Waals surface area contributed by atoms with Crippen LogP contribution in [-0.4, -0.2) is 6.21 Å². The van der Waals surface area contributed by atoms with Crippen LogP contribution in [0.5, 0.6) is 0 Å². The maximum absolute atomic E-state index is 5.82. The second-order valence-electron chi connectivity index (χ2n) is 3.73. The Bertz CT molecular complexity index is 516. The molecule has 0 spiro atoms. The van der Waals surface area contributed by atoms with Gasteiger partial charge < -0.3 is 5.73 Å². The lowest BCUT2D eigenvalue weighted by Crippen LogP contribution is -1.91. The van der Waals surface area contributed by atoms with E-state index in [1.165, 1.54) is 5.56 Å². The highest BCUT2D eigenvalue weighted by Gasteiger charge is 1.93. The molecule has 0 saturated heterocycles. The van der Waals surface area contributed by atoms with Crippen LogP contribution in [0, 0.1) is 6.92 Å². The van der Waals surface area contributed by atoms with E-state index in [-0.39, 0.29) is 0 Å². The van der Waals surface area contributed by atoms with Crippen LogP contribution in [-0.2, 0) is 0 Å². The van der Waals surface area contributed by atoms with Crippen LogP contribution in [0.25, 0.3) is 0 Å². The number of hydrogen-bond donors (Lipinski definition) is 1. The summed E-state index contributed by atoms with van der Waals surface area (Å²) in [6.45, 7) is 2.05. The third-order valence-electron chi connectivity index (χ3n) is 2.35. The van der Waals surface area contributed by atoms with E-state index in [1.807, 2.05) is 42.5 Å². The Labute approximate surface area is 95.5 Å². The summed E-state index contributed by atoms with van der Waals surface area (Å²) in [5.74, 6) is 0. The van der Waals surface area contributed by atoms with Gasteiger partial charge in [0.05, 0.1) is 5.69 Å². The number of hydrogen-bond acceptors (Lipinski definition) is 2. The van der Waals surface area contributed by atoms with Crippen LogP contribution in [0.1, 0.15) is 11.1 Å². The zero-order chi connectivity index (χ0) is 11.4. The molecule has 0 radical (unpaired) electrons. The Morgan fingerprint density at radius 3 is 2.62 bits per heavy atom. The van der Waals surface area contributed by atoms with E-state index < -0.39 is 0 Å². The molecule has 0 saturated carbocycles. The minimum absolute atomic E-state index is 0.749. The molecule has 0 fully saturated rings. The Morgan fingerprint density at radius 2 is 1.88 bits per heavy atom. The molecule has 80 valence electrons. The fraction of sp³-hybridized carbons (Fsp3) is 0.0714. The van der Waals surface area contributed by atoms with Crippen molar-refractivity contribution in [3.05, 3.63) is 59.7 Å². The van der Waals surface area contributed by atoms with Crippen molar-refractivity contribution in [1.82, 2.24) is 0 Å². The van der Waals surface area contributed by atoms with Crippen molar-refractivity contribution < 1.29 is 0 Å². The summed E-state index contributed by atoms with van der Waals surface area (Å²) in [6.07, 6.45) is 1.80. The van der Waals surface area contributed by atoms with Crippen LogP contribution in [0.4, 0.5) is 11.4 Å². The third kappa shape index (κ3) is 2.48. The zero-order valence-corrected chi connectivity index (χ0v) is 9.22. The minimum atomic E-state index is 0.749. The van der Waals surface area contributed by atoms with Crippen molar-refractivity contribution in [2.45, 2.75) is 6.92 Å². The third-order valence-corrected chi connectivity index (χ3v) is 2.35. The molecule has 2 aromatic carbocycles. The lowest BCUT2D eigenvalue weighted by molar-refractivity contribution is 1.43. The van der Waals surface area contributed by atoms with Crippen molar-refractivity contribution in [2.75, 3.05) is 5.73 Å². The summed E-state index contributed by atoms with van der Waals surface area (Å²) in [7, 11) is 0. The molecule has 0 aliphatic rings. The molecular formula is C14H14N2. The number of benzene rings is 2. The summed E-state index contributed by atoms with van der Waals surface area (Å²) in [6, 6.07) is 15.8. The number of nitrogens with zero attached hydrogens (tertiary/aromatic N) is 1. The smallest absolute Gasteiger partial charge is 0.0632 e. The minimum Gasteiger partial charge on any atom is -0.398 e. The van der Waals surface area contributed by atoms with Gasteiger partial charge in [0.1, 0.15) is 0 Å². The molecule has 2 N–H and O–H groups in total. The number of aryl methyl sites for hydroxylation is 1. The van der Waals surface area contributed by atoms with E-state index in [1.54, 1.807) is 6.21 Å². The average molecular weight is 210 g/mol. The topological polar surface area (TPSA) is 38.4 Å². The van der Waals surface area contributed by atoms with Gasteiger partial charge in [0.25, 0.3) is 0 Å². The number of aliphatic imine (C=N–C) groups is 1. The number of para-hydroxylation sites is 1. The SMILES string of the molecule is Cc1cccc(N=Cc2ccccc2N)c1. The van der Waals surface area contributed by atoms with Crippen molar-refractivity contribution in [3.63, 3.8) is 0 Å². The van der Waals surface area contributed by atoms with Crippen molar-refractivity contribution >= 4 is 17.6 Å². The van der Waals surface area contributed by atoms with Gasteiger partial charge in [-0.3, -0.25) is 4.99 Å².